The second kappa shape index (κ2) is 10.3. The van der Waals surface area contributed by atoms with Gasteiger partial charge in [-0.2, -0.15) is 0 Å². The summed E-state index contributed by atoms with van der Waals surface area (Å²) in [5.74, 6) is 0.191. The van der Waals surface area contributed by atoms with E-state index in [-0.39, 0.29) is 11.9 Å². The van der Waals surface area contributed by atoms with Crippen LogP contribution >= 0.6 is 11.6 Å². The molecule has 6 nitrogen and oxygen atoms in total. The molecule has 1 N–H and O–H groups in total. The van der Waals surface area contributed by atoms with Crippen LogP contribution in [0.4, 0.5) is 5.69 Å². The van der Waals surface area contributed by atoms with Gasteiger partial charge in [-0.3, -0.25) is 9.10 Å². The van der Waals surface area contributed by atoms with E-state index in [1.165, 1.54) is 32.4 Å². The molecule has 1 unspecified atom stereocenters. The van der Waals surface area contributed by atoms with Crippen LogP contribution in [-0.2, 0) is 14.8 Å². The van der Waals surface area contributed by atoms with E-state index >= 15 is 0 Å². The van der Waals surface area contributed by atoms with Gasteiger partial charge < -0.3 is 10.1 Å². The Labute approximate surface area is 173 Å². The van der Waals surface area contributed by atoms with E-state index in [0.29, 0.717) is 22.9 Å². The minimum absolute atomic E-state index is 0.0997. The third-order valence-corrected chi connectivity index (χ3v) is 6.65. The summed E-state index contributed by atoms with van der Waals surface area (Å²) in [6.45, 7) is 1.81. The minimum Gasteiger partial charge on any atom is -0.495 e. The van der Waals surface area contributed by atoms with Gasteiger partial charge in [0.2, 0.25) is 15.9 Å². The summed E-state index contributed by atoms with van der Waals surface area (Å²) in [5, 5.41) is 3.39. The van der Waals surface area contributed by atoms with Crippen molar-refractivity contribution in [3.63, 3.8) is 0 Å². The van der Waals surface area contributed by atoms with E-state index in [1.807, 2.05) is 6.92 Å². The Morgan fingerprint density at radius 2 is 1.86 bits per heavy atom. The van der Waals surface area contributed by atoms with Crippen molar-refractivity contribution in [2.45, 2.75) is 70.4 Å². The minimum atomic E-state index is -3.69. The molecular weight excluding hydrogens is 400 g/mol. The Kier molecular flexibility index (Phi) is 8.43. The molecule has 158 valence electrons. The number of hydrogen-bond donors (Lipinski definition) is 1. The first-order valence-corrected chi connectivity index (χ1v) is 12.1. The van der Waals surface area contributed by atoms with Gasteiger partial charge in [0, 0.05) is 6.04 Å². The Morgan fingerprint density at radius 3 is 2.36 bits per heavy atom. The summed E-state index contributed by atoms with van der Waals surface area (Å²) in [6.07, 6.45) is 9.14. The topological polar surface area (TPSA) is 75.7 Å². The first-order chi connectivity index (χ1) is 13.3. The fraction of sp³-hybridized carbons (Fsp3) is 0.650. The van der Waals surface area contributed by atoms with Crippen molar-refractivity contribution in [1.82, 2.24) is 5.32 Å². The molecule has 1 aliphatic carbocycles. The number of methoxy groups -OCH3 is 1. The number of anilines is 1. The first-order valence-electron chi connectivity index (χ1n) is 9.91. The number of amides is 1. The van der Waals surface area contributed by atoms with E-state index in [2.05, 4.69) is 5.32 Å². The summed E-state index contributed by atoms with van der Waals surface area (Å²) in [6, 6.07) is 4.01. The molecule has 0 heterocycles. The standard InChI is InChI=1S/C20H31ClN2O4S/c1-4-18(20(24)22-15-10-8-6-5-7-9-11-15)23(28(3,25)26)16-12-13-19(27-2)17(21)14-16/h12-15,18H,4-11H2,1-3H3,(H,22,24). The van der Waals surface area contributed by atoms with Crippen LogP contribution in [0.2, 0.25) is 5.02 Å². The molecule has 0 bridgehead atoms. The molecule has 1 amide bonds. The zero-order chi connectivity index (χ0) is 20.7. The zero-order valence-corrected chi connectivity index (χ0v) is 18.5. The number of ether oxygens (including phenoxy) is 1. The van der Waals surface area contributed by atoms with Gasteiger partial charge in [-0.1, -0.05) is 50.6 Å². The molecule has 28 heavy (non-hydrogen) atoms. The summed E-state index contributed by atoms with van der Waals surface area (Å²) < 4.78 is 31.4. The van der Waals surface area contributed by atoms with E-state index in [9.17, 15) is 13.2 Å². The maximum atomic E-state index is 13.0. The number of benzene rings is 1. The molecule has 2 rings (SSSR count). The average Bonchev–Trinajstić information content (AvgIpc) is 2.60. The van der Waals surface area contributed by atoms with Crippen LogP contribution in [0, 0.1) is 0 Å². The molecule has 0 radical (unpaired) electrons. The van der Waals surface area contributed by atoms with Crippen LogP contribution in [0.5, 0.6) is 5.75 Å². The van der Waals surface area contributed by atoms with Crippen molar-refractivity contribution in [1.29, 1.82) is 0 Å². The molecule has 1 aromatic rings. The van der Waals surface area contributed by atoms with E-state index in [1.54, 1.807) is 12.1 Å². The smallest absolute Gasteiger partial charge is 0.244 e. The lowest BCUT2D eigenvalue weighted by Gasteiger charge is -2.32. The van der Waals surface area contributed by atoms with Gasteiger partial charge in [0.1, 0.15) is 11.8 Å². The van der Waals surface area contributed by atoms with Gasteiger partial charge in [-0.25, -0.2) is 8.42 Å². The highest BCUT2D eigenvalue weighted by Gasteiger charge is 2.32. The molecule has 1 fully saturated rings. The molecule has 1 saturated carbocycles. The third-order valence-electron chi connectivity index (χ3n) is 5.17. The highest BCUT2D eigenvalue weighted by molar-refractivity contribution is 7.92. The van der Waals surface area contributed by atoms with E-state index in [4.69, 9.17) is 16.3 Å². The molecular formula is C20H31ClN2O4S. The number of carbonyl (C=O) groups is 1. The maximum absolute atomic E-state index is 13.0. The molecule has 0 aliphatic heterocycles. The fourth-order valence-corrected chi connectivity index (χ4v) is 5.21. The van der Waals surface area contributed by atoms with Crippen molar-refractivity contribution in [3.8, 4) is 5.75 Å². The van der Waals surface area contributed by atoms with Crippen molar-refractivity contribution in [3.05, 3.63) is 23.2 Å². The normalized spacial score (nSPS) is 17.3. The lowest BCUT2D eigenvalue weighted by atomic mass is 9.96. The number of nitrogens with zero attached hydrogens (tertiary/aromatic N) is 1. The maximum Gasteiger partial charge on any atom is 0.244 e. The van der Waals surface area contributed by atoms with Crippen LogP contribution in [0.1, 0.15) is 58.3 Å². The highest BCUT2D eigenvalue weighted by Crippen LogP contribution is 2.32. The molecule has 0 saturated heterocycles. The van der Waals surface area contributed by atoms with Crippen molar-refractivity contribution < 1.29 is 17.9 Å². The number of halogens is 1. The fourth-order valence-electron chi connectivity index (χ4n) is 3.75. The highest BCUT2D eigenvalue weighted by atomic mass is 35.5. The lowest BCUT2D eigenvalue weighted by Crippen LogP contribution is -2.51. The Hall–Kier alpha value is -1.47. The average molecular weight is 431 g/mol. The molecule has 1 atom stereocenters. The van der Waals surface area contributed by atoms with E-state index < -0.39 is 16.1 Å². The number of sulfonamides is 1. The van der Waals surface area contributed by atoms with Crippen molar-refractivity contribution in [2.75, 3.05) is 17.7 Å². The van der Waals surface area contributed by atoms with Crippen LogP contribution in [-0.4, -0.2) is 39.8 Å². The number of carbonyl (C=O) groups excluding carboxylic acids is 1. The molecule has 1 aromatic carbocycles. The molecule has 8 heteroatoms. The second-order valence-corrected chi connectivity index (χ2v) is 9.62. The van der Waals surface area contributed by atoms with Crippen molar-refractivity contribution >= 4 is 33.2 Å². The Morgan fingerprint density at radius 1 is 1.25 bits per heavy atom. The monoisotopic (exact) mass is 430 g/mol. The summed E-state index contributed by atoms with van der Waals surface area (Å²) in [5.41, 5.74) is 0.355. The Bertz CT molecular complexity index is 761. The quantitative estimate of drug-likeness (QED) is 0.705. The predicted molar refractivity (Wildman–Crippen MR) is 114 cm³/mol. The van der Waals surface area contributed by atoms with Crippen LogP contribution in [0.15, 0.2) is 18.2 Å². The zero-order valence-electron chi connectivity index (χ0n) is 16.9. The van der Waals surface area contributed by atoms with Crippen LogP contribution < -0.4 is 14.4 Å². The largest absolute Gasteiger partial charge is 0.495 e. The number of hydrogen-bond acceptors (Lipinski definition) is 4. The lowest BCUT2D eigenvalue weighted by molar-refractivity contribution is -0.123. The van der Waals surface area contributed by atoms with E-state index in [0.717, 1.165) is 36.2 Å². The van der Waals surface area contributed by atoms with Crippen molar-refractivity contribution in [2.24, 2.45) is 0 Å². The number of rotatable bonds is 7. The van der Waals surface area contributed by atoms with Gasteiger partial charge in [0.15, 0.2) is 0 Å². The third kappa shape index (κ3) is 6.01. The molecule has 0 spiro atoms. The number of nitrogens with one attached hydrogen (secondary N) is 1. The van der Waals surface area contributed by atoms with Crippen LogP contribution in [0.25, 0.3) is 0 Å². The Balaban J connectivity index is 2.27. The molecule has 1 aliphatic rings. The second-order valence-electron chi connectivity index (χ2n) is 7.35. The first kappa shape index (κ1) is 22.8. The van der Waals surface area contributed by atoms with Gasteiger partial charge in [-0.05, 0) is 37.5 Å². The van der Waals surface area contributed by atoms with Gasteiger partial charge >= 0.3 is 0 Å². The van der Waals surface area contributed by atoms with Gasteiger partial charge in [0.05, 0.1) is 24.1 Å². The summed E-state index contributed by atoms with van der Waals surface area (Å²) in [4.78, 5) is 13.0. The SMILES string of the molecule is CCC(C(=O)NC1CCCCCCC1)N(c1ccc(OC)c(Cl)c1)S(C)(=O)=O. The summed E-state index contributed by atoms with van der Waals surface area (Å²) in [7, 11) is -2.20. The molecule has 0 aromatic heterocycles. The predicted octanol–water partition coefficient (Wildman–Crippen LogP) is 4.12. The van der Waals surface area contributed by atoms with Gasteiger partial charge in [-0.15, -0.1) is 0 Å². The van der Waals surface area contributed by atoms with Gasteiger partial charge in [0.25, 0.3) is 0 Å². The summed E-state index contributed by atoms with van der Waals surface area (Å²) >= 11 is 6.19. The van der Waals surface area contributed by atoms with Crippen LogP contribution in [0.3, 0.4) is 0 Å².